The van der Waals surface area contributed by atoms with Crippen LogP contribution < -0.4 is 5.73 Å². The maximum atomic E-state index is 6.33. The van der Waals surface area contributed by atoms with Gasteiger partial charge in [0.2, 0.25) is 0 Å². The molecular formula is C12H26N2. The van der Waals surface area contributed by atoms with Gasteiger partial charge < -0.3 is 10.6 Å². The van der Waals surface area contributed by atoms with Gasteiger partial charge in [-0.25, -0.2) is 0 Å². The van der Waals surface area contributed by atoms with E-state index in [2.05, 4.69) is 32.7 Å². The van der Waals surface area contributed by atoms with Crippen molar-refractivity contribution in [1.82, 2.24) is 4.90 Å². The van der Waals surface area contributed by atoms with Crippen LogP contribution in [-0.2, 0) is 0 Å². The minimum Gasteiger partial charge on any atom is -0.324 e. The Bertz CT molecular complexity index is 169. The molecule has 0 spiro atoms. The normalized spacial score (nSPS) is 21.6. The molecule has 0 bridgehead atoms. The fourth-order valence-corrected chi connectivity index (χ4v) is 2.45. The molecule has 1 aliphatic rings. The van der Waals surface area contributed by atoms with Gasteiger partial charge in [-0.2, -0.15) is 0 Å². The fraction of sp³-hybridized carbons (Fsp3) is 1.00. The second-order valence-electron chi connectivity index (χ2n) is 5.17. The Hall–Kier alpha value is -0.0800. The number of nitrogens with zero attached hydrogens (tertiary/aromatic N) is 1. The van der Waals surface area contributed by atoms with Crippen LogP contribution in [0.25, 0.3) is 0 Å². The first-order valence-electron chi connectivity index (χ1n) is 6.00. The Morgan fingerprint density at radius 3 is 2.21 bits per heavy atom. The predicted molar refractivity (Wildman–Crippen MR) is 62.3 cm³/mol. The molecule has 1 fully saturated rings. The minimum absolute atomic E-state index is 0.0390. The largest absolute Gasteiger partial charge is 0.324 e. The van der Waals surface area contributed by atoms with Crippen molar-refractivity contribution in [3.05, 3.63) is 0 Å². The van der Waals surface area contributed by atoms with Crippen LogP contribution in [0.2, 0.25) is 0 Å². The van der Waals surface area contributed by atoms with Crippen LogP contribution in [0.5, 0.6) is 0 Å². The Balaban J connectivity index is 2.41. The molecular weight excluding hydrogens is 172 g/mol. The van der Waals surface area contributed by atoms with Crippen LogP contribution in [0, 0.1) is 5.92 Å². The highest BCUT2D eigenvalue weighted by molar-refractivity contribution is 4.97. The first kappa shape index (κ1) is 12.0. The van der Waals surface area contributed by atoms with Crippen molar-refractivity contribution < 1.29 is 0 Å². The first-order valence-corrected chi connectivity index (χ1v) is 6.00. The van der Waals surface area contributed by atoms with Gasteiger partial charge in [0.25, 0.3) is 0 Å². The maximum Gasteiger partial charge on any atom is 0.0283 e. The molecule has 2 heteroatoms. The van der Waals surface area contributed by atoms with Gasteiger partial charge in [0.1, 0.15) is 0 Å². The first-order chi connectivity index (χ1) is 6.51. The summed E-state index contributed by atoms with van der Waals surface area (Å²) < 4.78 is 0. The summed E-state index contributed by atoms with van der Waals surface area (Å²) in [5, 5.41) is 0. The van der Waals surface area contributed by atoms with Gasteiger partial charge in [-0.05, 0) is 45.6 Å². The lowest BCUT2D eigenvalue weighted by Gasteiger charge is -2.34. The van der Waals surface area contributed by atoms with Gasteiger partial charge in [0.05, 0.1) is 0 Å². The van der Waals surface area contributed by atoms with Gasteiger partial charge in [0.15, 0.2) is 0 Å². The van der Waals surface area contributed by atoms with Gasteiger partial charge in [-0.3, -0.25) is 0 Å². The molecule has 0 radical (unpaired) electrons. The smallest absolute Gasteiger partial charge is 0.0283 e. The highest BCUT2D eigenvalue weighted by atomic mass is 15.1. The molecule has 1 aliphatic carbocycles. The summed E-state index contributed by atoms with van der Waals surface area (Å²) in [4.78, 5) is 2.44. The van der Waals surface area contributed by atoms with Crippen LogP contribution in [0.1, 0.15) is 46.5 Å². The zero-order chi connectivity index (χ0) is 10.8. The van der Waals surface area contributed by atoms with Crippen molar-refractivity contribution in [3.63, 3.8) is 0 Å². The lowest BCUT2D eigenvalue weighted by molar-refractivity contribution is 0.174. The van der Waals surface area contributed by atoms with Crippen molar-refractivity contribution in [2.75, 3.05) is 13.6 Å². The van der Waals surface area contributed by atoms with E-state index >= 15 is 0 Å². The van der Waals surface area contributed by atoms with Crippen molar-refractivity contribution in [2.45, 2.75) is 58.0 Å². The third kappa shape index (κ3) is 2.96. The molecule has 1 rings (SSSR count). The van der Waals surface area contributed by atoms with Crippen LogP contribution in [0.3, 0.4) is 0 Å². The Morgan fingerprint density at radius 2 is 1.86 bits per heavy atom. The van der Waals surface area contributed by atoms with Gasteiger partial charge in [0, 0.05) is 18.1 Å². The SMILES string of the molecule is CCC(CC)N(C)CC(C)(N)C1CC1. The zero-order valence-electron chi connectivity index (χ0n) is 10.2. The average molecular weight is 198 g/mol. The molecule has 0 heterocycles. The standard InChI is InChI=1S/C12H26N2/c1-5-11(6-2)14(4)9-12(3,13)10-7-8-10/h10-11H,5-9,13H2,1-4H3. The van der Waals surface area contributed by atoms with Crippen molar-refractivity contribution >= 4 is 0 Å². The summed E-state index contributed by atoms with van der Waals surface area (Å²) in [5.74, 6) is 0.777. The second kappa shape index (κ2) is 4.63. The van der Waals surface area contributed by atoms with E-state index in [1.54, 1.807) is 0 Å². The van der Waals surface area contributed by atoms with E-state index in [0.717, 1.165) is 12.5 Å². The molecule has 1 atom stereocenters. The second-order valence-corrected chi connectivity index (χ2v) is 5.17. The molecule has 0 aromatic carbocycles. The Morgan fingerprint density at radius 1 is 1.36 bits per heavy atom. The molecule has 1 saturated carbocycles. The van der Waals surface area contributed by atoms with E-state index < -0.39 is 0 Å². The number of nitrogens with two attached hydrogens (primary N) is 1. The molecule has 84 valence electrons. The molecule has 0 aliphatic heterocycles. The molecule has 0 amide bonds. The summed E-state index contributed by atoms with van der Waals surface area (Å²) in [7, 11) is 2.21. The summed E-state index contributed by atoms with van der Waals surface area (Å²) in [6.45, 7) is 7.78. The zero-order valence-corrected chi connectivity index (χ0v) is 10.2. The monoisotopic (exact) mass is 198 g/mol. The topological polar surface area (TPSA) is 29.3 Å². The lowest BCUT2D eigenvalue weighted by Crippen LogP contribution is -2.50. The molecule has 1 unspecified atom stereocenters. The van der Waals surface area contributed by atoms with Crippen LogP contribution >= 0.6 is 0 Å². The third-order valence-electron chi connectivity index (χ3n) is 3.67. The summed E-state index contributed by atoms with van der Waals surface area (Å²) in [5.41, 5.74) is 6.37. The quantitative estimate of drug-likeness (QED) is 0.709. The van der Waals surface area contributed by atoms with E-state index in [1.165, 1.54) is 25.7 Å². The van der Waals surface area contributed by atoms with Gasteiger partial charge >= 0.3 is 0 Å². The summed E-state index contributed by atoms with van der Waals surface area (Å²) in [6, 6.07) is 0.705. The van der Waals surface area contributed by atoms with Crippen molar-refractivity contribution in [3.8, 4) is 0 Å². The summed E-state index contributed by atoms with van der Waals surface area (Å²) in [6.07, 6.45) is 5.13. The van der Waals surface area contributed by atoms with Gasteiger partial charge in [-0.15, -0.1) is 0 Å². The highest BCUT2D eigenvalue weighted by Crippen LogP contribution is 2.38. The molecule has 2 nitrogen and oxygen atoms in total. The number of hydrogen-bond acceptors (Lipinski definition) is 2. The van der Waals surface area contributed by atoms with E-state index in [4.69, 9.17) is 5.73 Å². The molecule has 0 aromatic heterocycles. The Labute approximate surface area is 88.8 Å². The van der Waals surface area contributed by atoms with E-state index in [-0.39, 0.29) is 5.54 Å². The van der Waals surface area contributed by atoms with Crippen molar-refractivity contribution in [2.24, 2.45) is 11.7 Å². The molecule has 2 N–H and O–H groups in total. The van der Waals surface area contributed by atoms with E-state index in [0.29, 0.717) is 6.04 Å². The molecule has 0 saturated heterocycles. The predicted octanol–water partition coefficient (Wildman–Crippen LogP) is 2.23. The van der Waals surface area contributed by atoms with E-state index in [1.807, 2.05) is 0 Å². The lowest BCUT2D eigenvalue weighted by atomic mass is 9.95. The van der Waals surface area contributed by atoms with E-state index in [9.17, 15) is 0 Å². The average Bonchev–Trinajstić information content (AvgIpc) is 2.87. The van der Waals surface area contributed by atoms with Crippen LogP contribution in [-0.4, -0.2) is 30.1 Å². The summed E-state index contributed by atoms with van der Waals surface area (Å²) >= 11 is 0. The molecule has 0 aromatic rings. The van der Waals surface area contributed by atoms with Gasteiger partial charge in [-0.1, -0.05) is 13.8 Å². The number of rotatable bonds is 6. The fourth-order valence-electron chi connectivity index (χ4n) is 2.45. The van der Waals surface area contributed by atoms with Crippen LogP contribution in [0.4, 0.5) is 0 Å². The van der Waals surface area contributed by atoms with Crippen molar-refractivity contribution in [1.29, 1.82) is 0 Å². The molecule has 14 heavy (non-hydrogen) atoms. The maximum absolute atomic E-state index is 6.33. The number of likely N-dealkylation sites (N-methyl/N-ethyl adjacent to an activating group) is 1. The van der Waals surface area contributed by atoms with Crippen LogP contribution in [0.15, 0.2) is 0 Å². The Kier molecular flexibility index (Phi) is 3.96. The number of hydrogen-bond donors (Lipinski definition) is 1. The highest BCUT2D eigenvalue weighted by Gasteiger charge is 2.39. The minimum atomic E-state index is 0.0390. The third-order valence-corrected chi connectivity index (χ3v) is 3.67.